The molecule has 0 aromatic heterocycles. The fourth-order valence-corrected chi connectivity index (χ4v) is 1.90. The number of hydrazone groups is 1. The lowest BCUT2D eigenvalue weighted by atomic mass is 10.2. The van der Waals surface area contributed by atoms with Crippen LogP contribution in [-0.2, 0) is 0 Å². The Morgan fingerprint density at radius 1 is 1.17 bits per heavy atom. The highest BCUT2D eigenvalue weighted by Crippen LogP contribution is 2.15. The molecular formula is C16H16N4O3. The normalized spacial score (nSPS) is 10.5. The summed E-state index contributed by atoms with van der Waals surface area (Å²) in [7, 11) is 3.82. The molecule has 2 rings (SSSR count). The molecule has 0 spiro atoms. The molecule has 0 bridgehead atoms. The second-order valence-electron chi connectivity index (χ2n) is 4.96. The molecule has 23 heavy (non-hydrogen) atoms. The van der Waals surface area contributed by atoms with Crippen LogP contribution in [-0.4, -0.2) is 31.1 Å². The van der Waals surface area contributed by atoms with Crippen molar-refractivity contribution in [1.82, 2.24) is 5.43 Å². The zero-order valence-corrected chi connectivity index (χ0v) is 12.8. The molecule has 1 amide bonds. The minimum Gasteiger partial charge on any atom is -0.378 e. The van der Waals surface area contributed by atoms with Crippen LogP contribution in [0.4, 0.5) is 11.4 Å². The molecule has 7 heteroatoms. The maximum Gasteiger partial charge on any atom is 0.278 e. The summed E-state index contributed by atoms with van der Waals surface area (Å²) in [5, 5.41) is 14.7. The molecule has 0 aliphatic carbocycles. The van der Waals surface area contributed by atoms with Gasteiger partial charge < -0.3 is 4.90 Å². The van der Waals surface area contributed by atoms with Crippen LogP contribution in [0.1, 0.15) is 15.9 Å². The van der Waals surface area contributed by atoms with Gasteiger partial charge in [0.05, 0.1) is 16.7 Å². The Morgan fingerprint density at radius 3 is 2.43 bits per heavy atom. The molecule has 1 N–H and O–H groups in total. The topological polar surface area (TPSA) is 87.8 Å². The SMILES string of the molecule is CN(C)c1ccc(C(=O)NN=Cc2ccccc2[N+](=O)[O-])cc1. The molecule has 0 radical (unpaired) electrons. The first-order chi connectivity index (χ1) is 11.0. The molecule has 2 aromatic rings. The van der Waals surface area contributed by atoms with Gasteiger partial charge in [0.2, 0.25) is 0 Å². The van der Waals surface area contributed by atoms with Gasteiger partial charge in [-0.05, 0) is 30.3 Å². The first-order valence-electron chi connectivity index (χ1n) is 6.83. The van der Waals surface area contributed by atoms with Crippen LogP contribution < -0.4 is 10.3 Å². The molecule has 7 nitrogen and oxygen atoms in total. The van der Waals surface area contributed by atoms with Crippen molar-refractivity contribution in [2.45, 2.75) is 0 Å². The van der Waals surface area contributed by atoms with E-state index in [1.165, 1.54) is 12.3 Å². The van der Waals surface area contributed by atoms with E-state index in [0.29, 0.717) is 11.1 Å². The lowest BCUT2D eigenvalue weighted by Crippen LogP contribution is -2.18. The molecule has 0 aliphatic rings. The highest BCUT2D eigenvalue weighted by atomic mass is 16.6. The molecule has 0 aliphatic heterocycles. The van der Waals surface area contributed by atoms with Gasteiger partial charge in [-0.3, -0.25) is 14.9 Å². The number of nitrogens with one attached hydrogen (secondary N) is 1. The molecule has 0 fully saturated rings. The molecule has 0 saturated heterocycles. The van der Waals surface area contributed by atoms with E-state index >= 15 is 0 Å². The lowest BCUT2D eigenvalue weighted by Gasteiger charge is -2.12. The molecule has 0 unspecified atom stereocenters. The number of carbonyl (C=O) groups is 1. The number of benzene rings is 2. The molecular weight excluding hydrogens is 296 g/mol. The molecule has 0 heterocycles. The Morgan fingerprint density at radius 2 is 1.83 bits per heavy atom. The van der Waals surface area contributed by atoms with Crippen molar-refractivity contribution in [3.8, 4) is 0 Å². The van der Waals surface area contributed by atoms with Gasteiger partial charge in [0.15, 0.2) is 0 Å². The van der Waals surface area contributed by atoms with Crippen LogP contribution in [0.15, 0.2) is 53.6 Å². The van der Waals surface area contributed by atoms with Crippen molar-refractivity contribution in [2.75, 3.05) is 19.0 Å². The third-order valence-electron chi connectivity index (χ3n) is 3.15. The second kappa shape index (κ2) is 7.17. The number of amides is 1. The van der Waals surface area contributed by atoms with Crippen molar-refractivity contribution in [3.05, 3.63) is 69.8 Å². The summed E-state index contributed by atoms with van der Waals surface area (Å²) in [6.45, 7) is 0. The van der Waals surface area contributed by atoms with E-state index < -0.39 is 4.92 Å². The van der Waals surface area contributed by atoms with Gasteiger partial charge in [-0.1, -0.05) is 12.1 Å². The van der Waals surface area contributed by atoms with Crippen LogP contribution >= 0.6 is 0 Å². The van der Waals surface area contributed by atoms with E-state index in [1.54, 1.807) is 30.3 Å². The van der Waals surface area contributed by atoms with Gasteiger partial charge in [0, 0.05) is 31.4 Å². The zero-order chi connectivity index (χ0) is 16.8. The van der Waals surface area contributed by atoms with Crippen molar-refractivity contribution >= 4 is 23.5 Å². The van der Waals surface area contributed by atoms with Gasteiger partial charge in [0.1, 0.15) is 0 Å². The number of hydrogen-bond acceptors (Lipinski definition) is 5. The van der Waals surface area contributed by atoms with Gasteiger partial charge >= 0.3 is 0 Å². The summed E-state index contributed by atoms with van der Waals surface area (Å²) >= 11 is 0. The number of carbonyl (C=O) groups excluding carboxylic acids is 1. The van der Waals surface area contributed by atoms with E-state index in [-0.39, 0.29) is 11.6 Å². The number of hydrogen-bond donors (Lipinski definition) is 1. The Balaban J connectivity index is 2.05. The van der Waals surface area contributed by atoms with Crippen LogP contribution in [0.25, 0.3) is 0 Å². The van der Waals surface area contributed by atoms with E-state index in [4.69, 9.17) is 0 Å². The highest BCUT2D eigenvalue weighted by molar-refractivity contribution is 5.95. The monoisotopic (exact) mass is 312 g/mol. The molecule has 118 valence electrons. The van der Waals surface area contributed by atoms with Gasteiger partial charge in [-0.2, -0.15) is 5.10 Å². The summed E-state index contributed by atoms with van der Waals surface area (Å²) in [4.78, 5) is 24.3. The Bertz CT molecular complexity index is 739. The molecule has 2 aromatic carbocycles. The smallest absolute Gasteiger partial charge is 0.278 e. The van der Waals surface area contributed by atoms with Gasteiger partial charge in [-0.15, -0.1) is 0 Å². The maximum absolute atomic E-state index is 12.0. The van der Waals surface area contributed by atoms with Crippen molar-refractivity contribution in [1.29, 1.82) is 0 Å². The van der Waals surface area contributed by atoms with E-state index in [0.717, 1.165) is 5.69 Å². The Hall–Kier alpha value is -3.22. The predicted octanol–water partition coefficient (Wildman–Crippen LogP) is 2.42. The third kappa shape index (κ3) is 4.13. The lowest BCUT2D eigenvalue weighted by molar-refractivity contribution is -0.385. The van der Waals surface area contributed by atoms with E-state index in [1.807, 2.05) is 31.1 Å². The second-order valence-corrected chi connectivity index (χ2v) is 4.96. The Labute approximate surface area is 133 Å². The summed E-state index contributed by atoms with van der Waals surface area (Å²) in [5.74, 6) is -0.384. The van der Waals surface area contributed by atoms with Crippen LogP contribution in [0.3, 0.4) is 0 Å². The van der Waals surface area contributed by atoms with Crippen LogP contribution in [0.2, 0.25) is 0 Å². The summed E-state index contributed by atoms with van der Waals surface area (Å²) in [6.07, 6.45) is 1.25. The average molecular weight is 312 g/mol. The van der Waals surface area contributed by atoms with Crippen molar-refractivity contribution < 1.29 is 9.72 Å². The number of nitro groups is 1. The summed E-state index contributed by atoms with van der Waals surface area (Å²) in [5.41, 5.74) is 4.04. The van der Waals surface area contributed by atoms with Crippen LogP contribution in [0.5, 0.6) is 0 Å². The van der Waals surface area contributed by atoms with Crippen LogP contribution in [0, 0.1) is 10.1 Å². The largest absolute Gasteiger partial charge is 0.378 e. The van der Waals surface area contributed by atoms with E-state index in [2.05, 4.69) is 10.5 Å². The fraction of sp³-hybridized carbons (Fsp3) is 0.125. The summed E-state index contributed by atoms with van der Waals surface area (Å²) in [6, 6.07) is 13.2. The number of nitro benzene ring substituents is 1. The standard InChI is InChI=1S/C16H16N4O3/c1-19(2)14-9-7-12(8-10-14)16(21)18-17-11-13-5-3-4-6-15(13)20(22)23/h3-11H,1-2H3,(H,18,21). The van der Waals surface area contributed by atoms with Crippen molar-refractivity contribution in [2.24, 2.45) is 5.10 Å². The first-order valence-corrected chi connectivity index (χ1v) is 6.83. The number of para-hydroxylation sites is 1. The fourth-order valence-electron chi connectivity index (χ4n) is 1.90. The van der Waals surface area contributed by atoms with Crippen molar-refractivity contribution in [3.63, 3.8) is 0 Å². The summed E-state index contributed by atoms with van der Waals surface area (Å²) < 4.78 is 0. The molecule has 0 saturated carbocycles. The van der Waals surface area contributed by atoms with E-state index in [9.17, 15) is 14.9 Å². The molecule has 0 atom stereocenters. The highest BCUT2D eigenvalue weighted by Gasteiger charge is 2.10. The first kappa shape index (κ1) is 16.2. The zero-order valence-electron chi connectivity index (χ0n) is 12.8. The Kier molecular flexibility index (Phi) is 5.03. The number of nitrogens with zero attached hydrogens (tertiary/aromatic N) is 3. The minimum absolute atomic E-state index is 0.0687. The quantitative estimate of drug-likeness (QED) is 0.522. The minimum atomic E-state index is -0.497. The number of rotatable bonds is 5. The maximum atomic E-state index is 12.0. The van der Waals surface area contributed by atoms with Gasteiger partial charge in [0.25, 0.3) is 11.6 Å². The average Bonchev–Trinajstić information content (AvgIpc) is 2.55. The number of anilines is 1. The predicted molar refractivity (Wildman–Crippen MR) is 88.9 cm³/mol. The third-order valence-corrected chi connectivity index (χ3v) is 3.15. The van der Waals surface area contributed by atoms with Gasteiger partial charge in [-0.25, -0.2) is 5.43 Å².